The maximum absolute atomic E-state index is 12.6. The lowest BCUT2D eigenvalue weighted by Crippen LogP contribution is -2.49. The highest BCUT2D eigenvalue weighted by Gasteiger charge is 2.44. The van der Waals surface area contributed by atoms with E-state index in [1.165, 1.54) is 12.8 Å². The molecule has 1 unspecified atom stereocenters. The Hall–Kier alpha value is -0.610. The van der Waals surface area contributed by atoms with Gasteiger partial charge in [0.15, 0.2) is 0 Å². The molecule has 1 heterocycles. The first kappa shape index (κ1) is 14.8. The zero-order valence-electron chi connectivity index (χ0n) is 12.3. The fourth-order valence-corrected chi connectivity index (χ4v) is 3.62. The highest BCUT2D eigenvalue weighted by molar-refractivity contribution is 5.83. The zero-order valence-corrected chi connectivity index (χ0v) is 12.3. The van der Waals surface area contributed by atoms with Gasteiger partial charge in [0.25, 0.3) is 0 Å². The molecule has 0 aromatic rings. The molecule has 4 heteroatoms. The molecule has 4 nitrogen and oxygen atoms in total. The molecule has 2 rings (SSSR count). The van der Waals surface area contributed by atoms with Crippen LogP contribution in [-0.4, -0.2) is 37.3 Å². The Labute approximate surface area is 116 Å². The molecule has 1 saturated carbocycles. The summed E-state index contributed by atoms with van der Waals surface area (Å²) in [5.74, 6) is 0.517. The van der Waals surface area contributed by atoms with Crippen LogP contribution in [0.3, 0.4) is 0 Å². The summed E-state index contributed by atoms with van der Waals surface area (Å²) < 4.78 is 0. The van der Waals surface area contributed by atoms with Crippen LogP contribution in [0, 0.1) is 16.7 Å². The second-order valence-electron chi connectivity index (χ2n) is 6.79. The minimum atomic E-state index is -0.255. The van der Waals surface area contributed by atoms with Gasteiger partial charge in [-0.05, 0) is 31.7 Å². The molecule has 0 radical (unpaired) electrons. The number of carbonyl (C=O) groups is 1. The van der Waals surface area contributed by atoms with Gasteiger partial charge < -0.3 is 15.7 Å². The predicted octanol–water partition coefficient (Wildman–Crippen LogP) is 1.29. The third kappa shape index (κ3) is 2.79. The molecule has 2 fully saturated rings. The molecule has 0 aromatic heterocycles. The molecule has 0 bridgehead atoms. The van der Waals surface area contributed by atoms with Crippen LogP contribution in [0.25, 0.3) is 0 Å². The van der Waals surface area contributed by atoms with Gasteiger partial charge in [0.05, 0.1) is 12.0 Å². The van der Waals surface area contributed by atoms with Gasteiger partial charge in [-0.1, -0.05) is 26.7 Å². The second kappa shape index (κ2) is 5.80. The van der Waals surface area contributed by atoms with E-state index in [4.69, 9.17) is 0 Å². The topological polar surface area (TPSA) is 61.4 Å². The molecule has 1 atom stereocenters. The lowest BCUT2D eigenvalue weighted by molar-refractivity contribution is -0.133. The number of amides is 1. The second-order valence-corrected chi connectivity index (χ2v) is 6.79. The summed E-state index contributed by atoms with van der Waals surface area (Å²) >= 11 is 0. The molecule has 1 aliphatic carbocycles. The van der Waals surface area contributed by atoms with Crippen molar-refractivity contribution in [1.82, 2.24) is 10.6 Å². The fourth-order valence-electron chi connectivity index (χ4n) is 3.62. The zero-order chi connectivity index (χ0) is 13.9. The summed E-state index contributed by atoms with van der Waals surface area (Å²) in [6.45, 7) is 6.80. The highest BCUT2D eigenvalue weighted by Crippen LogP contribution is 2.38. The smallest absolute Gasteiger partial charge is 0.227 e. The van der Waals surface area contributed by atoms with Gasteiger partial charge >= 0.3 is 0 Å². The van der Waals surface area contributed by atoms with Crippen molar-refractivity contribution in [2.45, 2.75) is 46.0 Å². The molecule has 1 amide bonds. The lowest BCUT2D eigenvalue weighted by atomic mass is 9.75. The highest BCUT2D eigenvalue weighted by atomic mass is 16.3. The number of aliphatic hydroxyl groups is 1. The molecule has 110 valence electrons. The molecule has 0 aromatic carbocycles. The quantitative estimate of drug-likeness (QED) is 0.704. The molecule has 1 aliphatic heterocycles. The normalized spacial score (nSPS) is 29.9. The van der Waals surface area contributed by atoms with E-state index in [2.05, 4.69) is 24.5 Å². The third-order valence-electron chi connectivity index (χ3n) is 5.37. The predicted molar refractivity (Wildman–Crippen MR) is 75.8 cm³/mol. The Kier molecular flexibility index (Phi) is 4.51. The van der Waals surface area contributed by atoms with Crippen LogP contribution < -0.4 is 10.6 Å². The minimum absolute atomic E-state index is 0.0557. The summed E-state index contributed by atoms with van der Waals surface area (Å²) in [7, 11) is 0. The number of aliphatic hydroxyl groups excluding tert-OH is 1. The van der Waals surface area contributed by atoms with Crippen molar-refractivity contribution in [3.8, 4) is 0 Å². The SMILES string of the molecule is CC(C)C1(C(=O)NCC2(CO)CCCC2)CCNC1. The van der Waals surface area contributed by atoms with E-state index in [9.17, 15) is 9.90 Å². The number of carbonyl (C=O) groups excluding carboxylic acids is 1. The molecular formula is C15H28N2O2. The van der Waals surface area contributed by atoms with Gasteiger partial charge in [-0.15, -0.1) is 0 Å². The number of hydrogen-bond donors (Lipinski definition) is 3. The van der Waals surface area contributed by atoms with Crippen LogP contribution >= 0.6 is 0 Å². The third-order valence-corrected chi connectivity index (χ3v) is 5.37. The van der Waals surface area contributed by atoms with Gasteiger partial charge in [-0.25, -0.2) is 0 Å². The van der Waals surface area contributed by atoms with E-state index in [0.29, 0.717) is 12.5 Å². The van der Waals surface area contributed by atoms with E-state index in [1.54, 1.807) is 0 Å². The van der Waals surface area contributed by atoms with Crippen LogP contribution in [-0.2, 0) is 4.79 Å². The van der Waals surface area contributed by atoms with E-state index >= 15 is 0 Å². The van der Waals surface area contributed by atoms with Gasteiger partial charge in [0.1, 0.15) is 0 Å². The van der Waals surface area contributed by atoms with Crippen molar-refractivity contribution in [2.24, 2.45) is 16.7 Å². The van der Waals surface area contributed by atoms with Crippen LogP contribution in [0.1, 0.15) is 46.0 Å². The summed E-state index contributed by atoms with van der Waals surface area (Å²) in [6.07, 6.45) is 5.34. The van der Waals surface area contributed by atoms with Crippen LogP contribution in [0.4, 0.5) is 0 Å². The molecule has 1 saturated heterocycles. The molecular weight excluding hydrogens is 240 g/mol. The molecule has 0 spiro atoms. The summed E-state index contributed by atoms with van der Waals surface area (Å²) in [5.41, 5.74) is -0.310. The van der Waals surface area contributed by atoms with Gasteiger partial charge in [0.2, 0.25) is 5.91 Å². The van der Waals surface area contributed by atoms with E-state index in [1.807, 2.05) is 0 Å². The fraction of sp³-hybridized carbons (Fsp3) is 0.933. The monoisotopic (exact) mass is 268 g/mol. The molecule has 3 N–H and O–H groups in total. The van der Waals surface area contributed by atoms with Crippen molar-refractivity contribution in [2.75, 3.05) is 26.2 Å². The minimum Gasteiger partial charge on any atom is -0.396 e. The number of hydrogen-bond acceptors (Lipinski definition) is 3. The van der Waals surface area contributed by atoms with Crippen molar-refractivity contribution >= 4 is 5.91 Å². The van der Waals surface area contributed by atoms with Crippen LogP contribution in [0.5, 0.6) is 0 Å². The summed E-state index contributed by atoms with van der Waals surface area (Å²) in [4.78, 5) is 12.6. The maximum Gasteiger partial charge on any atom is 0.227 e. The van der Waals surface area contributed by atoms with E-state index in [0.717, 1.165) is 32.4 Å². The largest absolute Gasteiger partial charge is 0.396 e. The van der Waals surface area contributed by atoms with E-state index < -0.39 is 0 Å². The summed E-state index contributed by atoms with van der Waals surface area (Å²) in [6, 6.07) is 0. The van der Waals surface area contributed by atoms with Gasteiger partial charge in [-0.3, -0.25) is 4.79 Å². The Bertz CT molecular complexity index is 316. The Morgan fingerprint density at radius 3 is 2.47 bits per heavy atom. The van der Waals surface area contributed by atoms with Crippen LogP contribution in [0.2, 0.25) is 0 Å². The first-order chi connectivity index (χ1) is 9.05. The van der Waals surface area contributed by atoms with Gasteiger partial charge in [-0.2, -0.15) is 0 Å². The van der Waals surface area contributed by atoms with Crippen molar-refractivity contribution in [1.29, 1.82) is 0 Å². The molecule has 19 heavy (non-hydrogen) atoms. The van der Waals surface area contributed by atoms with Crippen LogP contribution in [0.15, 0.2) is 0 Å². The van der Waals surface area contributed by atoms with Gasteiger partial charge in [0, 0.05) is 18.5 Å². The Balaban J connectivity index is 1.96. The average molecular weight is 268 g/mol. The van der Waals surface area contributed by atoms with Crippen molar-refractivity contribution in [3.63, 3.8) is 0 Å². The maximum atomic E-state index is 12.6. The number of nitrogens with one attached hydrogen (secondary N) is 2. The first-order valence-electron chi connectivity index (χ1n) is 7.65. The van der Waals surface area contributed by atoms with E-state index in [-0.39, 0.29) is 23.3 Å². The summed E-state index contributed by atoms with van der Waals surface area (Å²) in [5, 5.41) is 16.1. The number of rotatable bonds is 5. The average Bonchev–Trinajstić information content (AvgIpc) is 3.06. The Morgan fingerprint density at radius 2 is 2.00 bits per heavy atom. The standard InChI is InChI=1S/C15H28N2O2/c1-12(2)15(7-8-16-10-15)13(19)17-9-14(11-18)5-3-4-6-14/h12,16,18H,3-11H2,1-2H3,(H,17,19). The van der Waals surface area contributed by atoms with Crippen molar-refractivity contribution in [3.05, 3.63) is 0 Å². The lowest BCUT2D eigenvalue weighted by Gasteiger charge is -2.34. The van der Waals surface area contributed by atoms with Crippen molar-refractivity contribution < 1.29 is 9.90 Å². The molecule has 2 aliphatic rings. The first-order valence-corrected chi connectivity index (χ1v) is 7.65. The Morgan fingerprint density at radius 1 is 1.32 bits per heavy atom.